The quantitative estimate of drug-likeness (QED) is 0.523. The van der Waals surface area contributed by atoms with Crippen LogP contribution < -0.4 is 5.32 Å². The van der Waals surface area contributed by atoms with Gasteiger partial charge in [0, 0.05) is 17.7 Å². The normalized spacial score (nSPS) is 11.2. The highest BCUT2D eigenvalue weighted by Gasteiger charge is 2.14. The molecule has 2 N–H and O–H groups in total. The highest BCUT2D eigenvalue weighted by molar-refractivity contribution is 7.21. The number of hydrogen-bond donors (Lipinski definition) is 2. The molecule has 4 rings (SSSR count). The topological polar surface area (TPSA) is 57.8 Å². The summed E-state index contributed by atoms with van der Waals surface area (Å²) >= 11 is 1.56. The maximum absolute atomic E-state index is 12.5. The van der Waals surface area contributed by atoms with E-state index in [9.17, 15) is 4.79 Å². The summed E-state index contributed by atoms with van der Waals surface area (Å²) in [6.07, 6.45) is 1.68. The number of imidazole rings is 1. The summed E-state index contributed by atoms with van der Waals surface area (Å²) in [5.41, 5.74) is 3.11. The predicted octanol–water partition coefficient (Wildman–Crippen LogP) is 4.45. The third-order valence-electron chi connectivity index (χ3n) is 4.36. The molecule has 2 heterocycles. The van der Waals surface area contributed by atoms with Crippen LogP contribution in [0.3, 0.4) is 0 Å². The summed E-state index contributed by atoms with van der Waals surface area (Å²) in [5.74, 6) is 0.983. The number of nitrogens with zero attached hydrogens (tertiary/aromatic N) is 1. The summed E-state index contributed by atoms with van der Waals surface area (Å²) in [4.78, 5) is 21.2. The molecule has 0 unspecified atom stereocenters. The van der Waals surface area contributed by atoms with Crippen LogP contribution in [0.4, 0.5) is 0 Å². The molecule has 0 atom stereocenters. The number of thiophene rings is 1. The lowest BCUT2D eigenvalue weighted by molar-refractivity contribution is 0.0956. The molecule has 0 aliphatic heterocycles. The lowest BCUT2D eigenvalue weighted by Gasteiger charge is -2.03. The molecule has 5 heteroatoms. The molecular formula is C20H19N3OS. The number of amides is 1. The Morgan fingerprint density at radius 3 is 2.80 bits per heavy atom. The van der Waals surface area contributed by atoms with Crippen LogP contribution in [0.25, 0.3) is 21.1 Å². The molecule has 0 saturated carbocycles. The smallest absolute Gasteiger partial charge is 0.261 e. The number of carbonyl (C=O) groups is 1. The fourth-order valence-electron chi connectivity index (χ4n) is 3.05. The molecule has 126 valence electrons. The van der Waals surface area contributed by atoms with Crippen LogP contribution in [0, 0.1) is 6.92 Å². The molecule has 0 aliphatic carbocycles. The van der Waals surface area contributed by atoms with E-state index in [1.165, 1.54) is 5.39 Å². The second-order valence-corrected chi connectivity index (χ2v) is 7.16. The van der Waals surface area contributed by atoms with E-state index in [4.69, 9.17) is 0 Å². The molecule has 0 bridgehead atoms. The molecule has 0 saturated heterocycles. The minimum absolute atomic E-state index is 0.0170. The molecule has 1 amide bonds. The lowest BCUT2D eigenvalue weighted by atomic mass is 10.1. The van der Waals surface area contributed by atoms with E-state index >= 15 is 0 Å². The van der Waals surface area contributed by atoms with Gasteiger partial charge in [0.2, 0.25) is 0 Å². The Balaban J connectivity index is 1.36. The van der Waals surface area contributed by atoms with E-state index < -0.39 is 0 Å². The fourth-order valence-corrected chi connectivity index (χ4v) is 4.18. The van der Waals surface area contributed by atoms with Crippen molar-refractivity contribution in [1.82, 2.24) is 15.3 Å². The number of carbonyl (C=O) groups excluding carboxylic acids is 1. The summed E-state index contributed by atoms with van der Waals surface area (Å²) in [7, 11) is 0. The Morgan fingerprint density at radius 1 is 1.16 bits per heavy atom. The molecule has 4 nitrogen and oxygen atoms in total. The zero-order chi connectivity index (χ0) is 17.2. The minimum Gasteiger partial charge on any atom is -0.351 e. The average Bonchev–Trinajstić information content (AvgIpc) is 3.20. The Hall–Kier alpha value is -2.66. The number of rotatable bonds is 5. The van der Waals surface area contributed by atoms with Crippen LogP contribution in [-0.2, 0) is 6.42 Å². The van der Waals surface area contributed by atoms with Crippen molar-refractivity contribution < 1.29 is 4.79 Å². The summed E-state index contributed by atoms with van der Waals surface area (Å²) < 4.78 is 1.16. The molecule has 2 aromatic carbocycles. The summed E-state index contributed by atoms with van der Waals surface area (Å²) in [6, 6.07) is 16.2. The van der Waals surface area contributed by atoms with Crippen LogP contribution in [0.2, 0.25) is 0 Å². The van der Waals surface area contributed by atoms with Gasteiger partial charge in [-0.25, -0.2) is 4.98 Å². The number of aryl methyl sites for hydroxylation is 2. The zero-order valence-corrected chi connectivity index (χ0v) is 14.8. The van der Waals surface area contributed by atoms with Gasteiger partial charge in [0.05, 0.1) is 15.9 Å². The van der Waals surface area contributed by atoms with Crippen molar-refractivity contribution in [2.75, 3.05) is 6.54 Å². The van der Waals surface area contributed by atoms with Gasteiger partial charge in [-0.15, -0.1) is 11.3 Å². The van der Waals surface area contributed by atoms with Gasteiger partial charge in [-0.05, 0) is 42.5 Å². The maximum atomic E-state index is 12.5. The van der Waals surface area contributed by atoms with Crippen molar-refractivity contribution in [3.05, 3.63) is 64.8 Å². The van der Waals surface area contributed by atoms with Gasteiger partial charge in [-0.2, -0.15) is 0 Å². The van der Waals surface area contributed by atoms with Crippen molar-refractivity contribution in [1.29, 1.82) is 0 Å². The first kappa shape index (κ1) is 15.8. The average molecular weight is 349 g/mol. The summed E-state index contributed by atoms with van der Waals surface area (Å²) in [5, 5.41) is 4.20. The van der Waals surface area contributed by atoms with Crippen LogP contribution in [0.1, 0.15) is 27.5 Å². The van der Waals surface area contributed by atoms with Crippen LogP contribution >= 0.6 is 11.3 Å². The zero-order valence-electron chi connectivity index (χ0n) is 14.0. The van der Waals surface area contributed by atoms with Crippen molar-refractivity contribution >= 4 is 38.4 Å². The van der Waals surface area contributed by atoms with Gasteiger partial charge in [-0.1, -0.05) is 30.3 Å². The minimum atomic E-state index is 0.0170. The van der Waals surface area contributed by atoms with Gasteiger partial charge < -0.3 is 10.3 Å². The molecule has 0 spiro atoms. The Bertz CT molecular complexity index is 1010. The van der Waals surface area contributed by atoms with Gasteiger partial charge in [-0.3, -0.25) is 4.79 Å². The van der Waals surface area contributed by atoms with Crippen molar-refractivity contribution in [2.24, 2.45) is 0 Å². The number of nitrogens with one attached hydrogen (secondary N) is 2. The van der Waals surface area contributed by atoms with Crippen LogP contribution in [0.15, 0.2) is 48.5 Å². The van der Waals surface area contributed by atoms with E-state index in [1.807, 2.05) is 43.3 Å². The third-order valence-corrected chi connectivity index (χ3v) is 5.64. The van der Waals surface area contributed by atoms with E-state index in [0.717, 1.165) is 44.8 Å². The SMILES string of the molecule is Cc1c(C(=O)NCCCc2nc3ccccc3[nH]2)sc2ccccc12. The first-order valence-corrected chi connectivity index (χ1v) is 9.24. The standard InChI is InChI=1S/C20H19N3OS/c1-13-14-7-2-5-10-17(14)25-19(13)20(24)21-12-6-11-18-22-15-8-3-4-9-16(15)23-18/h2-5,7-10H,6,11-12H2,1H3,(H,21,24)(H,22,23). The number of fused-ring (bicyclic) bond motifs is 2. The number of para-hydroxylation sites is 2. The highest BCUT2D eigenvalue weighted by Crippen LogP contribution is 2.30. The Morgan fingerprint density at radius 2 is 1.96 bits per heavy atom. The molecule has 25 heavy (non-hydrogen) atoms. The Labute approximate surface area is 149 Å². The molecular weight excluding hydrogens is 330 g/mol. The first-order chi connectivity index (χ1) is 12.2. The van der Waals surface area contributed by atoms with E-state index in [2.05, 4.69) is 27.4 Å². The first-order valence-electron chi connectivity index (χ1n) is 8.42. The second-order valence-electron chi connectivity index (χ2n) is 6.11. The van der Waals surface area contributed by atoms with E-state index in [1.54, 1.807) is 11.3 Å². The number of hydrogen-bond acceptors (Lipinski definition) is 3. The predicted molar refractivity (Wildman–Crippen MR) is 103 cm³/mol. The molecule has 0 fully saturated rings. The third kappa shape index (κ3) is 3.15. The second kappa shape index (κ2) is 6.69. The number of benzene rings is 2. The van der Waals surface area contributed by atoms with Gasteiger partial charge >= 0.3 is 0 Å². The van der Waals surface area contributed by atoms with Crippen molar-refractivity contribution in [3.8, 4) is 0 Å². The molecule has 0 aliphatic rings. The summed E-state index contributed by atoms with van der Waals surface area (Å²) in [6.45, 7) is 2.66. The number of H-pyrrole nitrogens is 1. The van der Waals surface area contributed by atoms with E-state index in [-0.39, 0.29) is 5.91 Å². The Kier molecular flexibility index (Phi) is 4.24. The van der Waals surface area contributed by atoms with Crippen LogP contribution in [0.5, 0.6) is 0 Å². The fraction of sp³-hybridized carbons (Fsp3) is 0.200. The molecule has 2 aromatic heterocycles. The van der Waals surface area contributed by atoms with Crippen molar-refractivity contribution in [3.63, 3.8) is 0 Å². The van der Waals surface area contributed by atoms with Crippen LogP contribution in [-0.4, -0.2) is 22.4 Å². The number of aromatic nitrogens is 2. The van der Waals surface area contributed by atoms with Gasteiger partial charge in [0.25, 0.3) is 5.91 Å². The highest BCUT2D eigenvalue weighted by atomic mass is 32.1. The molecule has 0 radical (unpaired) electrons. The molecule has 4 aromatic rings. The maximum Gasteiger partial charge on any atom is 0.261 e. The van der Waals surface area contributed by atoms with Crippen molar-refractivity contribution in [2.45, 2.75) is 19.8 Å². The van der Waals surface area contributed by atoms with E-state index in [0.29, 0.717) is 6.54 Å². The largest absolute Gasteiger partial charge is 0.351 e. The van der Waals surface area contributed by atoms with Gasteiger partial charge in [0.1, 0.15) is 5.82 Å². The number of aromatic amines is 1. The monoisotopic (exact) mass is 349 g/mol. The lowest BCUT2D eigenvalue weighted by Crippen LogP contribution is -2.24. The van der Waals surface area contributed by atoms with Gasteiger partial charge in [0.15, 0.2) is 0 Å².